The maximum atomic E-state index is 12.6. The van der Waals surface area contributed by atoms with Gasteiger partial charge in [-0.25, -0.2) is 0 Å². The standard InChI is InChI=1S/C19H14F3NO3/c20-19(21,22)13-3-1-11(2-4-13)16(24)9-15-14-8-18-17(25-10-26-18)7-12(14)5-6-23-15/h1-4,7-8H,5-6,9-10H2. The van der Waals surface area contributed by atoms with E-state index in [0.717, 1.165) is 29.7 Å². The van der Waals surface area contributed by atoms with Gasteiger partial charge in [0.1, 0.15) is 0 Å². The highest BCUT2D eigenvalue weighted by Crippen LogP contribution is 2.36. The van der Waals surface area contributed by atoms with Crippen molar-refractivity contribution in [2.24, 2.45) is 4.99 Å². The van der Waals surface area contributed by atoms with Crippen molar-refractivity contribution in [2.75, 3.05) is 13.3 Å². The molecule has 0 aromatic heterocycles. The van der Waals surface area contributed by atoms with Crippen LogP contribution in [0.5, 0.6) is 11.5 Å². The lowest BCUT2D eigenvalue weighted by atomic mass is 9.92. The number of nitrogens with zero attached hydrogens (tertiary/aromatic N) is 1. The summed E-state index contributed by atoms with van der Waals surface area (Å²) in [6.45, 7) is 0.720. The van der Waals surface area contributed by atoms with E-state index in [4.69, 9.17) is 9.47 Å². The molecule has 0 bridgehead atoms. The smallest absolute Gasteiger partial charge is 0.416 e. The minimum atomic E-state index is -4.42. The average Bonchev–Trinajstić information content (AvgIpc) is 3.07. The van der Waals surface area contributed by atoms with Crippen molar-refractivity contribution < 1.29 is 27.4 Å². The number of hydrogen-bond donors (Lipinski definition) is 0. The van der Waals surface area contributed by atoms with Crippen LogP contribution in [0.4, 0.5) is 13.2 Å². The van der Waals surface area contributed by atoms with Gasteiger partial charge in [0.05, 0.1) is 17.7 Å². The van der Waals surface area contributed by atoms with Crippen LogP contribution in [0, 0.1) is 0 Å². The molecule has 0 unspecified atom stereocenters. The zero-order chi connectivity index (χ0) is 18.3. The zero-order valence-corrected chi connectivity index (χ0v) is 13.6. The Labute approximate surface area is 147 Å². The highest BCUT2D eigenvalue weighted by molar-refractivity contribution is 6.16. The maximum absolute atomic E-state index is 12.6. The number of carbonyl (C=O) groups is 1. The molecule has 0 saturated carbocycles. The Hall–Kier alpha value is -2.83. The lowest BCUT2D eigenvalue weighted by Crippen LogP contribution is -2.17. The fraction of sp³-hybridized carbons (Fsp3) is 0.263. The van der Waals surface area contributed by atoms with Crippen molar-refractivity contribution >= 4 is 11.5 Å². The quantitative estimate of drug-likeness (QED) is 0.775. The molecule has 0 atom stereocenters. The van der Waals surface area contributed by atoms with Crippen molar-refractivity contribution in [2.45, 2.75) is 19.0 Å². The van der Waals surface area contributed by atoms with E-state index in [-0.39, 0.29) is 24.6 Å². The number of ketones is 1. The van der Waals surface area contributed by atoms with Gasteiger partial charge in [-0.05, 0) is 36.2 Å². The summed E-state index contributed by atoms with van der Waals surface area (Å²) in [4.78, 5) is 16.9. The second-order valence-electron chi connectivity index (χ2n) is 6.12. The molecule has 0 N–H and O–H groups in total. The van der Waals surface area contributed by atoms with Crippen molar-refractivity contribution in [3.8, 4) is 11.5 Å². The molecule has 26 heavy (non-hydrogen) atoms. The first-order valence-corrected chi connectivity index (χ1v) is 8.08. The number of aliphatic imine (C=N–C) groups is 1. The van der Waals surface area contributed by atoms with Crippen LogP contribution < -0.4 is 9.47 Å². The second kappa shape index (κ2) is 6.16. The summed E-state index contributed by atoms with van der Waals surface area (Å²) in [5.74, 6) is 1.02. The monoisotopic (exact) mass is 361 g/mol. The van der Waals surface area contributed by atoms with Crippen molar-refractivity contribution in [3.63, 3.8) is 0 Å². The van der Waals surface area contributed by atoms with Crippen LogP contribution in [0.1, 0.15) is 33.5 Å². The van der Waals surface area contributed by atoms with Gasteiger partial charge in [0.15, 0.2) is 17.3 Å². The number of benzene rings is 2. The highest BCUT2D eigenvalue weighted by atomic mass is 19.4. The van der Waals surface area contributed by atoms with Crippen LogP contribution in [0.2, 0.25) is 0 Å². The summed E-state index contributed by atoms with van der Waals surface area (Å²) >= 11 is 0. The molecule has 0 radical (unpaired) electrons. The number of fused-ring (bicyclic) bond motifs is 2. The first kappa shape index (κ1) is 16.6. The number of Topliss-reactive ketones (excluding diaryl/α,β-unsaturated/α-hetero) is 1. The van der Waals surface area contributed by atoms with E-state index in [1.54, 1.807) is 0 Å². The summed E-state index contributed by atoms with van der Waals surface area (Å²) in [5, 5.41) is 0. The van der Waals surface area contributed by atoms with Gasteiger partial charge in [-0.15, -0.1) is 0 Å². The van der Waals surface area contributed by atoms with Gasteiger partial charge in [-0.2, -0.15) is 13.2 Å². The molecule has 7 heteroatoms. The molecule has 2 aromatic rings. The zero-order valence-electron chi connectivity index (χ0n) is 13.6. The number of carbonyl (C=O) groups excluding carboxylic acids is 1. The molecule has 4 nitrogen and oxygen atoms in total. The first-order valence-electron chi connectivity index (χ1n) is 8.08. The average molecular weight is 361 g/mol. The minimum Gasteiger partial charge on any atom is -0.454 e. The number of hydrogen-bond acceptors (Lipinski definition) is 4. The molecule has 2 aromatic carbocycles. The third-order valence-corrected chi connectivity index (χ3v) is 4.46. The van der Waals surface area contributed by atoms with Gasteiger partial charge >= 0.3 is 6.18 Å². The highest BCUT2D eigenvalue weighted by Gasteiger charge is 2.30. The normalized spacial score (nSPS) is 15.4. The molecule has 2 aliphatic heterocycles. The van der Waals surface area contributed by atoms with Crippen LogP contribution in [-0.2, 0) is 12.6 Å². The Kier molecular flexibility index (Phi) is 3.94. The lowest BCUT2D eigenvalue weighted by molar-refractivity contribution is -0.137. The van der Waals surface area contributed by atoms with Crippen LogP contribution in [-0.4, -0.2) is 24.8 Å². The number of ether oxygens (including phenoxy) is 2. The van der Waals surface area contributed by atoms with E-state index in [9.17, 15) is 18.0 Å². The van der Waals surface area contributed by atoms with E-state index in [1.165, 1.54) is 12.1 Å². The first-order chi connectivity index (χ1) is 12.4. The second-order valence-corrected chi connectivity index (χ2v) is 6.12. The lowest BCUT2D eigenvalue weighted by Gasteiger charge is -2.17. The Morgan fingerprint density at radius 1 is 1.08 bits per heavy atom. The van der Waals surface area contributed by atoms with E-state index in [1.807, 2.05) is 12.1 Å². The molecule has 2 heterocycles. The van der Waals surface area contributed by atoms with Gasteiger partial charge in [0, 0.05) is 17.7 Å². The number of halogens is 3. The minimum absolute atomic E-state index is 0.0258. The molecule has 0 spiro atoms. The third-order valence-electron chi connectivity index (χ3n) is 4.46. The predicted molar refractivity (Wildman–Crippen MR) is 88.1 cm³/mol. The summed E-state index contributed by atoms with van der Waals surface area (Å²) in [6, 6.07) is 7.96. The molecule has 134 valence electrons. The molecule has 0 aliphatic carbocycles. The summed E-state index contributed by atoms with van der Waals surface area (Å²) in [6.07, 6.45) is -3.65. The number of rotatable bonds is 3. The largest absolute Gasteiger partial charge is 0.454 e. The van der Waals surface area contributed by atoms with Crippen LogP contribution in [0.3, 0.4) is 0 Å². The van der Waals surface area contributed by atoms with Crippen molar-refractivity contribution in [1.29, 1.82) is 0 Å². The van der Waals surface area contributed by atoms with Crippen molar-refractivity contribution in [3.05, 3.63) is 58.7 Å². The predicted octanol–water partition coefficient (Wildman–Crippen LogP) is 4.05. The molecule has 0 fully saturated rings. The molecule has 4 rings (SSSR count). The van der Waals surface area contributed by atoms with Gasteiger partial charge in [-0.3, -0.25) is 9.79 Å². The van der Waals surface area contributed by atoms with Gasteiger partial charge in [0.2, 0.25) is 6.79 Å². The molecular weight excluding hydrogens is 347 g/mol. The van der Waals surface area contributed by atoms with Crippen LogP contribution >= 0.6 is 0 Å². The van der Waals surface area contributed by atoms with Crippen LogP contribution in [0.15, 0.2) is 41.4 Å². The van der Waals surface area contributed by atoms with E-state index in [0.29, 0.717) is 23.8 Å². The fourth-order valence-electron chi connectivity index (χ4n) is 3.11. The van der Waals surface area contributed by atoms with Crippen molar-refractivity contribution in [1.82, 2.24) is 0 Å². The molecule has 2 aliphatic rings. The fourth-order valence-corrected chi connectivity index (χ4v) is 3.11. The molecule has 0 amide bonds. The van der Waals surface area contributed by atoms with Gasteiger partial charge in [0.25, 0.3) is 0 Å². The maximum Gasteiger partial charge on any atom is 0.416 e. The Balaban J connectivity index is 1.56. The Morgan fingerprint density at radius 3 is 2.46 bits per heavy atom. The van der Waals surface area contributed by atoms with Gasteiger partial charge < -0.3 is 9.47 Å². The van der Waals surface area contributed by atoms with E-state index < -0.39 is 11.7 Å². The molecule has 0 saturated heterocycles. The summed E-state index contributed by atoms with van der Waals surface area (Å²) in [5.41, 5.74) is 1.94. The van der Waals surface area contributed by atoms with Gasteiger partial charge in [-0.1, -0.05) is 12.1 Å². The summed E-state index contributed by atoms with van der Waals surface area (Å²) < 4.78 is 48.7. The van der Waals surface area contributed by atoms with E-state index >= 15 is 0 Å². The Bertz CT molecular complexity index is 901. The van der Waals surface area contributed by atoms with Crippen LogP contribution in [0.25, 0.3) is 0 Å². The third kappa shape index (κ3) is 3.05. The Morgan fingerprint density at radius 2 is 1.77 bits per heavy atom. The SMILES string of the molecule is O=C(CC1=NCCc2cc3c(cc21)OCO3)c1ccc(C(F)(F)F)cc1. The topological polar surface area (TPSA) is 47.9 Å². The number of alkyl halides is 3. The molecular formula is C19H14F3NO3. The summed E-state index contributed by atoms with van der Waals surface area (Å²) in [7, 11) is 0. The van der Waals surface area contributed by atoms with E-state index in [2.05, 4.69) is 4.99 Å².